The lowest BCUT2D eigenvalue weighted by molar-refractivity contribution is -0.123. The molecule has 6 nitrogen and oxygen atoms in total. The van der Waals surface area contributed by atoms with E-state index in [1.807, 2.05) is 30.3 Å². The van der Waals surface area contributed by atoms with Crippen LogP contribution in [0.2, 0.25) is 0 Å². The average Bonchev–Trinajstić information content (AvgIpc) is 2.57. The maximum atomic E-state index is 12.2. The Morgan fingerprint density at radius 1 is 1.27 bits per heavy atom. The third-order valence-electron chi connectivity index (χ3n) is 4.01. The van der Waals surface area contributed by atoms with Crippen LogP contribution in [0, 0.1) is 0 Å². The zero-order valence-electron chi connectivity index (χ0n) is 14.7. The standard InChI is InChI=1S/C20H21NO5/c1-20(2)10-16(23)19-15(22)8-14(9-17(19)26-20)25-12-18(24)21-11-13-6-4-3-5-7-13/h3-9,22H,10-12H2,1-2H3,(H,21,24). The molecule has 0 radical (unpaired) electrons. The lowest BCUT2D eigenvalue weighted by atomic mass is 9.92. The molecule has 0 atom stereocenters. The zero-order chi connectivity index (χ0) is 18.7. The number of phenols is 1. The van der Waals surface area contributed by atoms with Crippen LogP contribution in [0.25, 0.3) is 0 Å². The lowest BCUT2D eigenvalue weighted by Gasteiger charge is -2.32. The Bertz CT molecular complexity index is 830. The molecule has 0 saturated carbocycles. The summed E-state index contributed by atoms with van der Waals surface area (Å²) in [7, 11) is 0. The van der Waals surface area contributed by atoms with Crippen molar-refractivity contribution < 1.29 is 24.2 Å². The molecule has 1 aliphatic rings. The highest BCUT2D eigenvalue weighted by molar-refractivity contribution is 6.03. The predicted molar refractivity (Wildman–Crippen MR) is 95.5 cm³/mol. The molecule has 0 fully saturated rings. The van der Waals surface area contributed by atoms with Gasteiger partial charge in [0.25, 0.3) is 5.91 Å². The molecule has 0 spiro atoms. The maximum absolute atomic E-state index is 12.2. The number of rotatable bonds is 5. The van der Waals surface area contributed by atoms with E-state index in [4.69, 9.17) is 9.47 Å². The van der Waals surface area contributed by atoms with E-state index in [0.717, 1.165) is 5.56 Å². The fourth-order valence-corrected chi connectivity index (χ4v) is 2.83. The van der Waals surface area contributed by atoms with Gasteiger partial charge in [-0.2, -0.15) is 0 Å². The Hall–Kier alpha value is -3.02. The molecular formula is C20H21NO5. The molecule has 1 aliphatic heterocycles. The van der Waals surface area contributed by atoms with Crippen molar-refractivity contribution in [2.45, 2.75) is 32.4 Å². The molecule has 0 aliphatic carbocycles. The number of carbonyl (C=O) groups excluding carboxylic acids is 2. The van der Waals surface area contributed by atoms with Gasteiger partial charge < -0.3 is 19.9 Å². The van der Waals surface area contributed by atoms with Gasteiger partial charge in [0.2, 0.25) is 0 Å². The Morgan fingerprint density at radius 3 is 2.73 bits per heavy atom. The van der Waals surface area contributed by atoms with Crippen molar-refractivity contribution in [1.82, 2.24) is 5.32 Å². The highest BCUT2D eigenvalue weighted by Gasteiger charge is 2.34. The van der Waals surface area contributed by atoms with Crippen LogP contribution in [-0.4, -0.2) is 29.0 Å². The molecular weight excluding hydrogens is 334 g/mol. The number of hydrogen-bond acceptors (Lipinski definition) is 5. The van der Waals surface area contributed by atoms with E-state index < -0.39 is 5.60 Å². The van der Waals surface area contributed by atoms with Crippen LogP contribution in [0.3, 0.4) is 0 Å². The number of nitrogens with one attached hydrogen (secondary N) is 1. The number of phenolic OH excluding ortho intramolecular Hbond substituents is 1. The number of Topliss-reactive ketones (excluding diaryl/α,β-unsaturated/α-hetero) is 1. The summed E-state index contributed by atoms with van der Waals surface area (Å²) in [6, 6.07) is 12.4. The molecule has 1 amide bonds. The summed E-state index contributed by atoms with van der Waals surface area (Å²) < 4.78 is 11.2. The second kappa shape index (κ2) is 7.07. The molecule has 3 rings (SSSR count). The molecule has 0 unspecified atom stereocenters. The topological polar surface area (TPSA) is 84.9 Å². The first-order chi connectivity index (χ1) is 12.3. The van der Waals surface area contributed by atoms with Gasteiger partial charge in [-0.25, -0.2) is 0 Å². The Morgan fingerprint density at radius 2 is 2.00 bits per heavy atom. The van der Waals surface area contributed by atoms with Gasteiger partial charge >= 0.3 is 0 Å². The molecule has 1 heterocycles. The minimum atomic E-state index is -0.651. The SMILES string of the molecule is CC1(C)CC(=O)c2c(O)cc(OCC(=O)NCc3ccccc3)cc2O1. The van der Waals surface area contributed by atoms with Crippen molar-refractivity contribution in [2.24, 2.45) is 0 Å². The molecule has 2 N–H and O–H groups in total. The van der Waals surface area contributed by atoms with Crippen LogP contribution in [0.5, 0.6) is 17.2 Å². The highest BCUT2D eigenvalue weighted by atomic mass is 16.5. The summed E-state index contributed by atoms with van der Waals surface area (Å²) >= 11 is 0. The van der Waals surface area contributed by atoms with Gasteiger partial charge in [-0.1, -0.05) is 30.3 Å². The molecule has 136 valence electrons. The lowest BCUT2D eigenvalue weighted by Crippen LogP contribution is -2.36. The summed E-state index contributed by atoms with van der Waals surface area (Å²) in [6.45, 7) is 3.80. The normalized spacial score (nSPS) is 14.9. The van der Waals surface area contributed by atoms with Crippen molar-refractivity contribution in [3.8, 4) is 17.2 Å². The zero-order valence-corrected chi connectivity index (χ0v) is 14.7. The van der Waals surface area contributed by atoms with E-state index in [1.165, 1.54) is 12.1 Å². The number of carbonyl (C=O) groups is 2. The molecule has 2 aromatic rings. The Kier molecular flexibility index (Phi) is 4.84. The van der Waals surface area contributed by atoms with Crippen LogP contribution in [0.4, 0.5) is 0 Å². The van der Waals surface area contributed by atoms with Crippen LogP contribution in [-0.2, 0) is 11.3 Å². The average molecular weight is 355 g/mol. The molecule has 0 bridgehead atoms. The molecule has 0 aromatic heterocycles. The van der Waals surface area contributed by atoms with Gasteiger partial charge in [-0.05, 0) is 19.4 Å². The fourth-order valence-electron chi connectivity index (χ4n) is 2.83. The van der Waals surface area contributed by atoms with Crippen molar-refractivity contribution in [3.63, 3.8) is 0 Å². The number of ether oxygens (including phenoxy) is 2. The second-order valence-corrected chi connectivity index (χ2v) is 6.83. The summed E-state index contributed by atoms with van der Waals surface area (Å²) in [6.07, 6.45) is 0.190. The predicted octanol–water partition coefficient (Wildman–Crippen LogP) is 2.83. The fraction of sp³-hybridized carbons (Fsp3) is 0.300. The number of benzene rings is 2. The smallest absolute Gasteiger partial charge is 0.258 e. The molecule has 0 saturated heterocycles. The van der Waals surface area contributed by atoms with Crippen molar-refractivity contribution in [2.75, 3.05) is 6.61 Å². The van der Waals surface area contributed by atoms with Crippen molar-refractivity contribution >= 4 is 11.7 Å². The summed E-state index contributed by atoms with van der Waals surface area (Å²) in [5, 5.41) is 12.9. The summed E-state index contributed by atoms with van der Waals surface area (Å²) in [5.41, 5.74) is 0.494. The number of amides is 1. The van der Waals surface area contributed by atoms with E-state index >= 15 is 0 Å². The van der Waals surface area contributed by atoms with Gasteiger partial charge in [-0.15, -0.1) is 0 Å². The Labute approximate surface area is 151 Å². The van der Waals surface area contributed by atoms with Gasteiger partial charge in [0.1, 0.15) is 28.4 Å². The largest absolute Gasteiger partial charge is 0.507 e. The Balaban J connectivity index is 1.63. The van der Waals surface area contributed by atoms with Gasteiger partial charge in [0.05, 0.1) is 6.42 Å². The van der Waals surface area contributed by atoms with E-state index in [0.29, 0.717) is 6.54 Å². The van der Waals surface area contributed by atoms with E-state index in [1.54, 1.807) is 13.8 Å². The molecule has 6 heteroatoms. The first-order valence-corrected chi connectivity index (χ1v) is 8.37. The monoisotopic (exact) mass is 355 g/mol. The minimum Gasteiger partial charge on any atom is -0.507 e. The van der Waals surface area contributed by atoms with E-state index in [9.17, 15) is 14.7 Å². The third-order valence-corrected chi connectivity index (χ3v) is 4.01. The highest BCUT2D eigenvalue weighted by Crippen LogP contribution is 2.40. The third kappa shape index (κ3) is 4.14. The minimum absolute atomic E-state index is 0.158. The van der Waals surface area contributed by atoms with Crippen molar-refractivity contribution in [1.29, 1.82) is 0 Å². The van der Waals surface area contributed by atoms with Gasteiger partial charge in [0.15, 0.2) is 12.4 Å². The van der Waals surface area contributed by atoms with Gasteiger partial charge in [-0.3, -0.25) is 9.59 Å². The first kappa shape index (κ1) is 17.8. The van der Waals surface area contributed by atoms with E-state index in [-0.39, 0.29) is 47.5 Å². The van der Waals surface area contributed by atoms with Crippen LogP contribution < -0.4 is 14.8 Å². The second-order valence-electron chi connectivity index (χ2n) is 6.83. The van der Waals surface area contributed by atoms with Crippen LogP contribution in [0.15, 0.2) is 42.5 Å². The van der Waals surface area contributed by atoms with Crippen molar-refractivity contribution in [3.05, 3.63) is 53.6 Å². The molecule has 2 aromatic carbocycles. The molecule has 26 heavy (non-hydrogen) atoms. The summed E-state index contributed by atoms with van der Waals surface area (Å²) in [4.78, 5) is 24.1. The maximum Gasteiger partial charge on any atom is 0.258 e. The van der Waals surface area contributed by atoms with E-state index in [2.05, 4.69) is 5.32 Å². The quantitative estimate of drug-likeness (QED) is 0.861. The number of hydrogen-bond donors (Lipinski definition) is 2. The first-order valence-electron chi connectivity index (χ1n) is 8.37. The number of fused-ring (bicyclic) bond motifs is 1. The van der Waals surface area contributed by atoms with Crippen LogP contribution >= 0.6 is 0 Å². The summed E-state index contributed by atoms with van der Waals surface area (Å²) in [5.74, 6) is -0.139. The van der Waals surface area contributed by atoms with Gasteiger partial charge in [0, 0.05) is 18.7 Å². The van der Waals surface area contributed by atoms with Crippen LogP contribution in [0.1, 0.15) is 36.2 Å². The number of aromatic hydroxyl groups is 1. The number of ketones is 1.